The normalized spacial score (nSPS) is 16.4. The first kappa shape index (κ1) is 23.9. The van der Waals surface area contributed by atoms with E-state index in [9.17, 15) is 13.2 Å². The van der Waals surface area contributed by atoms with Crippen LogP contribution in [0, 0.1) is 0 Å². The average Bonchev–Trinajstić information content (AvgIpc) is 2.66. The third kappa shape index (κ3) is 7.41. The molecule has 6 nitrogen and oxygen atoms in total. The maximum Gasteiger partial charge on any atom is 0.243 e. The first-order valence-corrected chi connectivity index (χ1v) is 11.0. The number of benzene rings is 1. The molecule has 1 aromatic rings. The Morgan fingerprint density at radius 3 is 2.37 bits per heavy atom. The van der Waals surface area contributed by atoms with Gasteiger partial charge >= 0.3 is 0 Å². The highest BCUT2D eigenvalue weighted by atomic mass is 35.5. The standard InChI is InChI=1S/C19H31N3O3S.ClH/c1-3-20-16(2)15-21-19(23)12-9-17-7-10-18(11-8-17)26(24,25)22-13-5-4-6-14-22;/h7-8,10-11,16,20H,3-6,9,12-15H2,1-2H3,(H,21,23);1H/t16-;/m1./s1. The molecule has 0 aromatic heterocycles. The van der Waals surface area contributed by atoms with Gasteiger partial charge in [0.15, 0.2) is 0 Å². The zero-order valence-corrected chi connectivity index (χ0v) is 17.9. The predicted molar refractivity (Wildman–Crippen MR) is 111 cm³/mol. The van der Waals surface area contributed by atoms with Gasteiger partial charge in [0.25, 0.3) is 0 Å². The predicted octanol–water partition coefficient (Wildman–Crippen LogP) is 2.33. The van der Waals surface area contributed by atoms with Gasteiger partial charge in [-0.15, -0.1) is 12.4 Å². The molecule has 27 heavy (non-hydrogen) atoms. The summed E-state index contributed by atoms with van der Waals surface area (Å²) in [5.41, 5.74) is 0.970. The quantitative estimate of drug-likeness (QED) is 0.646. The van der Waals surface area contributed by atoms with Crippen LogP contribution in [0.2, 0.25) is 0 Å². The molecule has 1 aliphatic heterocycles. The molecule has 1 aliphatic rings. The highest BCUT2D eigenvalue weighted by molar-refractivity contribution is 7.89. The number of likely N-dealkylation sites (N-methyl/N-ethyl adjacent to an activating group) is 1. The van der Waals surface area contributed by atoms with Gasteiger partial charge in [0.05, 0.1) is 4.90 Å². The van der Waals surface area contributed by atoms with Crippen molar-refractivity contribution in [3.05, 3.63) is 29.8 Å². The minimum Gasteiger partial charge on any atom is -0.355 e. The fourth-order valence-electron chi connectivity index (χ4n) is 3.12. The summed E-state index contributed by atoms with van der Waals surface area (Å²) in [6, 6.07) is 7.19. The molecule has 0 spiro atoms. The molecule has 1 amide bonds. The largest absolute Gasteiger partial charge is 0.355 e. The van der Waals surface area contributed by atoms with E-state index in [-0.39, 0.29) is 24.4 Å². The van der Waals surface area contributed by atoms with Crippen LogP contribution < -0.4 is 10.6 Å². The van der Waals surface area contributed by atoms with Crippen LogP contribution in [0.1, 0.15) is 45.1 Å². The molecular formula is C19H32ClN3O3S. The van der Waals surface area contributed by atoms with E-state index in [0.717, 1.165) is 31.4 Å². The van der Waals surface area contributed by atoms with Crippen molar-refractivity contribution in [2.45, 2.75) is 56.9 Å². The Morgan fingerprint density at radius 2 is 1.78 bits per heavy atom. The van der Waals surface area contributed by atoms with Crippen molar-refractivity contribution in [3.8, 4) is 0 Å². The molecule has 1 saturated heterocycles. The summed E-state index contributed by atoms with van der Waals surface area (Å²) in [6.07, 6.45) is 3.96. The molecule has 2 N–H and O–H groups in total. The van der Waals surface area contributed by atoms with Crippen molar-refractivity contribution in [2.75, 3.05) is 26.2 Å². The monoisotopic (exact) mass is 417 g/mol. The summed E-state index contributed by atoms with van der Waals surface area (Å²) < 4.78 is 26.8. The molecule has 0 unspecified atom stereocenters. The van der Waals surface area contributed by atoms with Gasteiger partial charge in [-0.25, -0.2) is 8.42 Å². The summed E-state index contributed by atoms with van der Waals surface area (Å²) >= 11 is 0. The molecule has 8 heteroatoms. The fourth-order valence-corrected chi connectivity index (χ4v) is 4.63. The highest BCUT2D eigenvalue weighted by Gasteiger charge is 2.25. The van der Waals surface area contributed by atoms with Crippen molar-refractivity contribution in [2.24, 2.45) is 0 Å². The minimum atomic E-state index is -3.39. The van der Waals surface area contributed by atoms with Gasteiger partial charge in [-0.05, 0) is 50.4 Å². The molecule has 154 valence electrons. The molecule has 1 heterocycles. The number of hydrogen-bond acceptors (Lipinski definition) is 4. The molecule has 0 bridgehead atoms. The SMILES string of the molecule is CCN[C@H](C)CNC(=O)CCc1ccc(S(=O)(=O)N2CCCCC2)cc1.Cl. The minimum absolute atomic E-state index is 0. The number of sulfonamides is 1. The number of piperidine rings is 1. The molecule has 0 saturated carbocycles. The van der Waals surface area contributed by atoms with Crippen molar-refractivity contribution >= 4 is 28.3 Å². The van der Waals surface area contributed by atoms with Gasteiger partial charge in [-0.1, -0.05) is 25.5 Å². The molecule has 1 atom stereocenters. The molecule has 0 aliphatic carbocycles. The van der Waals surface area contributed by atoms with Crippen molar-refractivity contribution < 1.29 is 13.2 Å². The molecule has 1 aromatic carbocycles. The first-order valence-electron chi connectivity index (χ1n) is 9.52. The third-order valence-corrected chi connectivity index (χ3v) is 6.59. The van der Waals surface area contributed by atoms with Gasteiger partial charge in [0, 0.05) is 32.1 Å². The lowest BCUT2D eigenvalue weighted by Crippen LogP contribution is -2.38. The number of amides is 1. The number of nitrogens with zero attached hydrogens (tertiary/aromatic N) is 1. The summed E-state index contributed by atoms with van der Waals surface area (Å²) in [5, 5.41) is 6.16. The number of carbonyl (C=O) groups is 1. The van der Waals surface area contributed by atoms with Crippen LogP contribution in [-0.4, -0.2) is 50.9 Å². The van der Waals surface area contributed by atoms with Crippen molar-refractivity contribution in [1.82, 2.24) is 14.9 Å². The maximum absolute atomic E-state index is 12.6. The van der Waals surface area contributed by atoms with Gasteiger partial charge in [0.2, 0.25) is 15.9 Å². The van der Waals surface area contributed by atoms with Crippen LogP contribution in [-0.2, 0) is 21.2 Å². The van der Waals surface area contributed by atoms with Gasteiger partial charge in [-0.2, -0.15) is 4.31 Å². The van der Waals surface area contributed by atoms with E-state index in [0.29, 0.717) is 37.4 Å². The highest BCUT2D eigenvalue weighted by Crippen LogP contribution is 2.21. The maximum atomic E-state index is 12.6. The van der Waals surface area contributed by atoms with Crippen LogP contribution in [0.5, 0.6) is 0 Å². The smallest absolute Gasteiger partial charge is 0.243 e. The molecule has 1 fully saturated rings. The molecular weight excluding hydrogens is 386 g/mol. The van der Waals surface area contributed by atoms with Crippen LogP contribution in [0.3, 0.4) is 0 Å². The number of hydrogen-bond donors (Lipinski definition) is 2. The van der Waals surface area contributed by atoms with Crippen LogP contribution in [0.25, 0.3) is 0 Å². The van der Waals surface area contributed by atoms with Crippen LogP contribution in [0.15, 0.2) is 29.2 Å². The van der Waals surface area contributed by atoms with Gasteiger partial charge in [0.1, 0.15) is 0 Å². The zero-order valence-electron chi connectivity index (χ0n) is 16.2. The van der Waals surface area contributed by atoms with Gasteiger partial charge < -0.3 is 10.6 Å². The molecule has 0 radical (unpaired) electrons. The van der Waals surface area contributed by atoms with Crippen molar-refractivity contribution in [1.29, 1.82) is 0 Å². The van der Waals surface area contributed by atoms with Gasteiger partial charge in [-0.3, -0.25) is 4.79 Å². The van der Waals surface area contributed by atoms with E-state index < -0.39 is 10.0 Å². The van der Waals surface area contributed by atoms with E-state index in [1.165, 1.54) is 0 Å². The molecule has 2 rings (SSSR count). The number of rotatable bonds is 9. The van der Waals surface area contributed by atoms with Crippen molar-refractivity contribution in [3.63, 3.8) is 0 Å². The first-order chi connectivity index (χ1) is 12.4. The lowest BCUT2D eigenvalue weighted by atomic mass is 10.1. The summed E-state index contributed by atoms with van der Waals surface area (Å²) in [7, 11) is -3.39. The number of nitrogens with one attached hydrogen (secondary N) is 2. The Balaban J connectivity index is 0.00000364. The fraction of sp³-hybridized carbons (Fsp3) is 0.632. The van der Waals surface area contributed by atoms with Crippen LogP contribution in [0.4, 0.5) is 0 Å². The summed E-state index contributed by atoms with van der Waals surface area (Å²) in [6.45, 7) is 6.77. The lowest BCUT2D eigenvalue weighted by molar-refractivity contribution is -0.121. The second-order valence-electron chi connectivity index (χ2n) is 6.87. The van der Waals surface area contributed by atoms with E-state index in [1.54, 1.807) is 16.4 Å². The second kappa shape index (κ2) is 11.6. The van der Waals surface area contributed by atoms with Crippen LogP contribution >= 0.6 is 12.4 Å². The Bertz CT molecular complexity index is 674. The average molecular weight is 418 g/mol. The number of halogens is 1. The zero-order chi connectivity index (χ0) is 19.0. The summed E-state index contributed by atoms with van der Waals surface area (Å²) in [5.74, 6) is 0.0137. The summed E-state index contributed by atoms with van der Waals surface area (Å²) in [4.78, 5) is 12.3. The van der Waals surface area contributed by atoms with E-state index >= 15 is 0 Å². The second-order valence-corrected chi connectivity index (χ2v) is 8.81. The Morgan fingerprint density at radius 1 is 1.15 bits per heavy atom. The van der Waals surface area contributed by atoms with E-state index in [2.05, 4.69) is 10.6 Å². The Kier molecular flexibility index (Phi) is 10.3. The number of carbonyl (C=O) groups excluding carboxylic acids is 1. The number of aryl methyl sites for hydroxylation is 1. The van der Waals surface area contributed by atoms with E-state index in [1.807, 2.05) is 26.0 Å². The third-order valence-electron chi connectivity index (χ3n) is 4.67. The van der Waals surface area contributed by atoms with E-state index in [4.69, 9.17) is 0 Å². The Labute approximate surface area is 169 Å². The topological polar surface area (TPSA) is 78.5 Å². The lowest BCUT2D eigenvalue weighted by Gasteiger charge is -2.25. The Hall–Kier alpha value is -1.15.